The first kappa shape index (κ1) is 20.4. The molecule has 1 amide bonds. The van der Waals surface area contributed by atoms with Gasteiger partial charge in [0, 0.05) is 32.7 Å². The molecule has 1 aliphatic rings. The van der Waals surface area contributed by atoms with E-state index < -0.39 is 10.0 Å². The van der Waals surface area contributed by atoms with Gasteiger partial charge in [-0.15, -0.1) is 0 Å². The molecule has 0 spiro atoms. The number of anilines is 1. The first-order chi connectivity index (χ1) is 13.3. The van der Waals surface area contributed by atoms with Crippen LogP contribution in [0.4, 0.5) is 5.69 Å². The SMILES string of the molecule is CCOc1ccc(CN(C)S(=O)(=O)c2ccc3c(c2)CCCN3C(C)=O)cc1. The molecule has 3 rings (SSSR count). The molecule has 28 heavy (non-hydrogen) atoms. The number of hydrogen-bond acceptors (Lipinski definition) is 4. The van der Waals surface area contributed by atoms with Crippen LogP contribution in [-0.4, -0.2) is 38.8 Å². The maximum Gasteiger partial charge on any atom is 0.243 e. The van der Waals surface area contributed by atoms with Crippen LogP contribution in [0.2, 0.25) is 0 Å². The highest BCUT2D eigenvalue weighted by Crippen LogP contribution is 2.30. The Balaban J connectivity index is 1.81. The van der Waals surface area contributed by atoms with Crippen LogP contribution < -0.4 is 9.64 Å². The molecule has 0 aromatic heterocycles. The van der Waals surface area contributed by atoms with E-state index >= 15 is 0 Å². The lowest BCUT2D eigenvalue weighted by Crippen LogP contribution is -2.34. The molecule has 0 saturated carbocycles. The minimum atomic E-state index is -3.63. The summed E-state index contributed by atoms with van der Waals surface area (Å²) in [5.74, 6) is 0.741. The number of fused-ring (bicyclic) bond motifs is 1. The lowest BCUT2D eigenvalue weighted by Gasteiger charge is -2.29. The van der Waals surface area contributed by atoms with Gasteiger partial charge in [-0.1, -0.05) is 12.1 Å². The molecule has 0 aliphatic carbocycles. The van der Waals surface area contributed by atoms with E-state index in [9.17, 15) is 13.2 Å². The predicted molar refractivity (Wildman–Crippen MR) is 109 cm³/mol. The third kappa shape index (κ3) is 4.20. The number of benzene rings is 2. The summed E-state index contributed by atoms with van der Waals surface area (Å²) in [5.41, 5.74) is 2.60. The molecule has 0 fully saturated rings. The highest BCUT2D eigenvalue weighted by molar-refractivity contribution is 7.89. The van der Waals surface area contributed by atoms with Crippen LogP contribution >= 0.6 is 0 Å². The number of hydrogen-bond donors (Lipinski definition) is 0. The third-order valence-electron chi connectivity index (χ3n) is 4.90. The van der Waals surface area contributed by atoms with Crippen molar-refractivity contribution in [2.75, 3.05) is 25.1 Å². The molecule has 2 aromatic carbocycles. The standard InChI is InChI=1S/C21H26N2O4S/c1-4-27-19-9-7-17(8-10-19)15-22(3)28(25,26)20-11-12-21-18(14-20)6-5-13-23(21)16(2)24/h7-12,14H,4-6,13,15H2,1-3H3. The van der Waals surface area contributed by atoms with Gasteiger partial charge in [-0.3, -0.25) is 4.79 Å². The molecule has 0 saturated heterocycles. The first-order valence-electron chi connectivity index (χ1n) is 9.42. The maximum absolute atomic E-state index is 13.0. The Bertz CT molecular complexity index is 955. The molecule has 150 valence electrons. The van der Waals surface area contributed by atoms with Crippen molar-refractivity contribution >= 4 is 21.6 Å². The number of sulfonamides is 1. The van der Waals surface area contributed by atoms with Gasteiger partial charge in [-0.25, -0.2) is 8.42 Å². The van der Waals surface area contributed by atoms with Gasteiger partial charge >= 0.3 is 0 Å². The summed E-state index contributed by atoms with van der Waals surface area (Å²) in [7, 11) is -2.05. The molecule has 0 atom stereocenters. The molecule has 1 heterocycles. The summed E-state index contributed by atoms with van der Waals surface area (Å²) < 4.78 is 32.8. The fourth-order valence-electron chi connectivity index (χ4n) is 3.44. The Morgan fingerprint density at radius 1 is 1.18 bits per heavy atom. The van der Waals surface area contributed by atoms with E-state index in [0.29, 0.717) is 13.2 Å². The zero-order valence-corrected chi connectivity index (χ0v) is 17.3. The van der Waals surface area contributed by atoms with Crippen molar-refractivity contribution in [2.24, 2.45) is 0 Å². The van der Waals surface area contributed by atoms with Gasteiger partial charge < -0.3 is 9.64 Å². The van der Waals surface area contributed by atoms with Crippen molar-refractivity contribution in [1.82, 2.24) is 4.31 Å². The zero-order chi connectivity index (χ0) is 20.3. The summed E-state index contributed by atoms with van der Waals surface area (Å²) in [5, 5.41) is 0. The van der Waals surface area contributed by atoms with Gasteiger partial charge in [0.15, 0.2) is 0 Å². The lowest BCUT2D eigenvalue weighted by molar-refractivity contribution is -0.116. The summed E-state index contributed by atoms with van der Waals surface area (Å²) in [4.78, 5) is 13.8. The number of rotatable bonds is 6. The number of carbonyl (C=O) groups is 1. The minimum Gasteiger partial charge on any atom is -0.494 e. The fraction of sp³-hybridized carbons (Fsp3) is 0.381. The second-order valence-corrected chi connectivity index (χ2v) is 8.95. The average Bonchev–Trinajstić information content (AvgIpc) is 2.68. The Kier molecular flexibility index (Phi) is 6.05. The van der Waals surface area contributed by atoms with Crippen molar-refractivity contribution in [3.63, 3.8) is 0 Å². The molecule has 6 nitrogen and oxygen atoms in total. The van der Waals surface area contributed by atoms with Crippen LogP contribution in [0.25, 0.3) is 0 Å². The topological polar surface area (TPSA) is 66.9 Å². The summed E-state index contributed by atoms with van der Waals surface area (Å²) in [6, 6.07) is 12.5. The van der Waals surface area contributed by atoms with E-state index in [0.717, 1.165) is 35.4 Å². The molecule has 1 aliphatic heterocycles. The monoisotopic (exact) mass is 402 g/mol. The predicted octanol–water partition coefficient (Wildman–Crippen LogP) is 3.21. The van der Waals surface area contributed by atoms with Crippen molar-refractivity contribution in [3.8, 4) is 5.75 Å². The molecule has 0 N–H and O–H groups in total. The number of amides is 1. The zero-order valence-electron chi connectivity index (χ0n) is 16.5. The van der Waals surface area contributed by atoms with Crippen molar-refractivity contribution in [1.29, 1.82) is 0 Å². The number of aryl methyl sites for hydroxylation is 1. The van der Waals surface area contributed by atoms with Gasteiger partial charge in [-0.05, 0) is 61.2 Å². The quantitative estimate of drug-likeness (QED) is 0.744. The molecule has 2 aromatic rings. The molecule has 0 unspecified atom stereocenters. The first-order valence-corrected chi connectivity index (χ1v) is 10.9. The minimum absolute atomic E-state index is 0.0239. The molecular formula is C21H26N2O4S. The second-order valence-electron chi connectivity index (χ2n) is 6.90. The van der Waals surface area contributed by atoms with Crippen LogP contribution in [0.3, 0.4) is 0 Å². The number of carbonyl (C=O) groups excluding carboxylic acids is 1. The van der Waals surface area contributed by atoms with Gasteiger partial charge in [0.1, 0.15) is 5.75 Å². The molecule has 0 bridgehead atoms. The van der Waals surface area contributed by atoms with E-state index in [-0.39, 0.29) is 17.3 Å². The highest BCUT2D eigenvalue weighted by Gasteiger charge is 2.25. The molecule has 7 heteroatoms. The van der Waals surface area contributed by atoms with E-state index in [2.05, 4.69) is 0 Å². The van der Waals surface area contributed by atoms with Crippen LogP contribution in [0.5, 0.6) is 5.75 Å². The highest BCUT2D eigenvalue weighted by atomic mass is 32.2. The number of nitrogens with zero attached hydrogens (tertiary/aromatic N) is 2. The molecule has 0 radical (unpaired) electrons. The van der Waals surface area contributed by atoms with Crippen molar-refractivity contribution in [3.05, 3.63) is 53.6 Å². The van der Waals surface area contributed by atoms with E-state index in [1.54, 1.807) is 30.1 Å². The Morgan fingerprint density at radius 2 is 1.89 bits per heavy atom. The van der Waals surface area contributed by atoms with Gasteiger partial charge in [0.2, 0.25) is 15.9 Å². The Hall–Kier alpha value is -2.38. The van der Waals surface area contributed by atoms with Crippen LogP contribution in [0.1, 0.15) is 31.4 Å². The van der Waals surface area contributed by atoms with Crippen molar-refractivity contribution < 1.29 is 17.9 Å². The van der Waals surface area contributed by atoms with Crippen molar-refractivity contribution in [2.45, 2.75) is 38.1 Å². The smallest absolute Gasteiger partial charge is 0.243 e. The Labute approximate surface area is 166 Å². The largest absolute Gasteiger partial charge is 0.494 e. The van der Waals surface area contributed by atoms with Crippen LogP contribution in [0, 0.1) is 0 Å². The van der Waals surface area contributed by atoms with Gasteiger partial charge in [0.25, 0.3) is 0 Å². The van der Waals surface area contributed by atoms with Gasteiger partial charge in [-0.2, -0.15) is 4.31 Å². The maximum atomic E-state index is 13.0. The number of ether oxygens (including phenoxy) is 1. The van der Waals surface area contributed by atoms with Gasteiger partial charge in [0.05, 0.1) is 11.5 Å². The fourth-order valence-corrected chi connectivity index (χ4v) is 4.65. The van der Waals surface area contributed by atoms with E-state index in [1.165, 1.54) is 11.2 Å². The summed E-state index contributed by atoms with van der Waals surface area (Å²) >= 11 is 0. The van der Waals surface area contributed by atoms with E-state index in [4.69, 9.17) is 4.74 Å². The van der Waals surface area contributed by atoms with Crippen LogP contribution in [0.15, 0.2) is 47.4 Å². The molecular weight excluding hydrogens is 376 g/mol. The van der Waals surface area contributed by atoms with E-state index in [1.807, 2.05) is 31.2 Å². The summed E-state index contributed by atoms with van der Waals surface area (Å²) in [6.07, 6.45) is 1.60. The van der Waals surface area contributed by atoms with Crippen LogP contribution in [-0.2, 0) is 27.8 Å². The summed E-state index contributed by atoms with van der Waals surface area (Å²) in [6.45, 7) is 4.98. The normalized spacial score (nSPS) is 14.1. The average molecular weight is 403 g/mol. The third-order valence-corrected chi connectivity index (χ3v) is 6.70. The second kappa shape index (κ2) is 8.32. The lowest BCUT2D eigenvalue weighted by atomic mass is 10.0. The Morgan fingerprint density at radius 3 is 2.54 bits per heavy atom.